The van der Waals surface area contributed by atoms with Gasteiger partial charge < -0.3 is 25.2 Å². The summed E-state index contributed by atoms with van der Waals surface area (Å²) in [6.45, 7) is 4.73. The molecule has 230 valence electrons. The van der Waals surface area contributed by atoms with E-state index in [0.29, 0.717) is 50.0 Å². The van der Waals surface area contributed by atoms with Gasteiger partial charge in [-0.05, 0) is 54.4 Å². The van der Waals surface area contributed by atoms with Gasteiger partial charge in [0.05, 0.1) is 5.56 Å². The van der Waals surface area contributed by atoms with Crippen molar-refractivity contribution in [2.75, 3.05) is 36.8 Å². The fraction of sp³-hybridized carbons (Fsp3) is 0.281. The molecule has 0 spiro atoms. The average molecular weight is 608 g/mol. The number of piperazine rings is 1. The molecule has 44 heavy (non-hydrogen) atoms. The lowest BCUT2D eigenvalue weighted by atomic mass is 9.96. The van der Waals surface area contributed by atoms with E-state index in [9.17, 15) is 23.1 Å². The van der Waals surface area contributed by atoms with Crippen LogP contribution in [0.3, 0.4) is 0 Å². The zero-order valence-electron chi connectivity index (χ0n) is 24.0. The van der Waals surface area contributed by atoms with Crippen molar-refractivity contribution in [3.63, 3.8) is 0 Å². The Hall–Kier alpha value is -4.84. The summed E-state index contributed by atoms with van der Waals surface area (Å²) in [5.41, 5.74) is 5.42. The summed E-state index contributed by atoms with van der Waals surface area (Å²) in [5.74, 6) is 0.793. The normalized spacial score (nSPS) is 15.4. The molecule has 1 atom stereocenters. The molecule has 3 aromatic carbocycles. The third-order valence-electron chi connectivity index (χ3n) is 7.32. The van der Waals surface area contributed by atoms with Crippen LogP contribution in [0.1, 0.15) is 23.6 Å². The molecule has 0 amide bonds. The fourth-order valence-electron chi connectivity index (χ4n) is 4.93. The second kappa shape index (κ2) is 12.8. The Kier molecular flexibility index (Phi) is 8.91. The van der Waals surface area contributed by atoms with Crippen LogP contribution in [0.2, 0.25) is 0 Å². The number of para-hydroxylation sites is 1. The Balaban J connectivity index is 1.18. The highest BCUT2D eigenvalue weighted by molar-refractivity contribution is 5.78. The summed E-state index contributed by atoms with van der Waals surface area (Å²) < 4.78 is 50.3. The van der Waals surface area contributed by atoms with Crippen molar-refractivity contribution >= 4 is 17.7 Å². The first-order chi connectivity index (χ1) is 21.0. The molecule has 4 aromatic rings. The number of carboxylic acid groups (broad SMARTS) is 1. The van der Waals surface area contributed by atoms with Crippen molar-refractivity contribution in [3.05, 3.63) is 102 Å². The van der Waals surface area contributed by atoms with Crippen LogP contribution in [-0.2, 0) is 23.9 Å². The third kappa shape index (κ3) is 7.75. The van der Waals surface area contributed by atoms with Crippen molar-refractivity contribution in [1.29, 1.82) is 0 Å². The summed E-state index contributed by atoms with van der Waals surface area (Å²) in [4.78, 5) is 24.8. The standard InChI is InChI=1S/C32H32F3N5O4/c1-31(29(41)42,44-26-5-3-2-4-6-26)20-22-9-13-25(14-10-22)43-28-19-27(37-30(36)38-28)40-17-15-39(16-18-40)21-23-7-11-24(12-8-23)32(33,34)35/h2-14,19H,15-18,20-21H2,1H3,(H,41,42)(H2,36,37,38). The largest absolute Gasteiger partial charge is 0.478 e. The van der Waals surface area contributed by atoms with Gasteiger partial charge in [-0.25, -0.2) is 4.79 Å². The fourth-order valence-corrected chi connectivity index (χ4v) is 4.93. The highest BCUT2D eigenvalue weighted by Gasteiger charge is 2.36. The van der Waals surface area contributed by atoms with Crippen LogP contribution < -0.4 is 20.1 Å². The van der Waals surface area contributed by atoms with Gasteiger partial charge in [0.2, 0.25) is 17.4 Å². The van der Waals surface area contributed by atoms with Crippen LogP contribution in [0.25, 0.3) is 0 Å². The Morgan fingerprint density at radius 3 is 2.14 bits per heavy atom. The molecule has 9 nitrogen and oxygen atoms in total. The van der Waals surface area contributed by atoms with Crippen LogP contribution in [0, 0.1) is 0 Å². The molecular weight excluding hydrogens is 575 g/mol. The number of aromatic nitrogens is 2. The van der Waals surface area contributed by atoms with Crippen LogP contribution in [0.5, 0.6) is 17.4 Å². The molecule has 0 radical (unpaired) electrons. The van der Waals surface area contributed by atoms with E-state index in [1.54, 1.807) is 54.6 Å². The van der Waals surface area contributed by atoms with Crippen molar-refractivity contribution in [2.24, 2.45) is 0 Å². The highest BCUT2D eigenvalue weighted by atomic mass is 19.4. The first kappa shape index (κ1) is 30.6. The van der Waals surface area contributed by atoms with Gasteiger partial charge in [-0.15, -0.1) is 0 Å². The summed E-state index contributed by atoms with van der Waals surface area (Å²) in [6.07, 6.45) is -4.22. The molecule has 2 heterocycles. The van der Waals surface area contributed by atoms with Crippen molar-refractivity contribution < 1.29 is 32.5 Å². The number of nitrogen functional groups attached to an aromatic ring is 1. The van der Waals surface area contributed by atoms with E-state index in [1.165, 1.54) is 19.1 Å². The molecule has 1 aliphatic rings. The third-order valence-corrected chi connectivity index (χ3v) is 7.32. The highest BCUT2D eigenvalue weighted by Crippen LogP contribution is 2.30. The zero-order valence-corrected chi connectivity index (χ0v) is 24.0. The predicted octanol–water partition coefficient (Wildman–Crippen LogP) is 5.66. The van der Waals surface area contributed by atoms with Crippen LogP contribution in [0.4, 0.5) is 24.9 Å². The second-order valence-corrected chi connectivity index (χ2v) is 10.8. The molecule has 0 aliphatic carbocycles. The number of hydrogen-bond donors (Lipinski definition) is 2. The SMILES string of the molecule is CC(Cc1ccc(Oc2cc(N3CCN(Cc4ccc(C(F)(F)F)cc4)CC3)nc(N)n2)cc1)(Oc1ccccc1)C(=O)O. The molecule has 0 bridgehead atoms. The number of ether oxygens (including phenoxy) is 2. The molecule has 5 rings (SSSR count). The predicted molar refractivity (Wildman–Crippen MR) is 159 cm³/mol. The van der Waals surface area contributed by atoms with E-state index < -0.39 is 23.3 Å². The number of carboxylic acids is 1. The van der Waals surface area contributed by atoms with Gasteiger partial charge in [0.25, 0.3) is 0 Å². The molecular formula is C32H32F3N5O4. The second-order valence-electron chi connectivity index (χ2n) is 10.8. The number of rotatable bonds is 10. The van der Waals surface area contributed by atoms with E-state index in [2.05, 4.69) is 19.8 Å². The van der Waals surface area contributed by atoms with E-state index in [-0.39, 0.29) is 18.2 Å². The van der Waals surface area contributed by atoms with Crippen LogP contribution >= 0.6 is 0 Å². The maximum Gasteiger partial charge on any atom is 0.416 e. The number of aliphatic carboxylic acids is 1. The lowest BCUT2D eigenvalue weighted by Crippen LogP contribution is -2.46. The topological polar surface area (TPSA) is 114 Å². The van der Waals surface area contributed by atoms with Gasteiger partial charge in [-0.1, -0.05) is 42.5 Å². The van der Waals surface area contributed by atoms with Crippen LogP contribution in [0.15, 0.2) is 84.9 Å². The van der Waals surface area contributed by atoms with Crippen LogP contribution in [-0.4, -0.2) is 57.7 Å². The van der Waals surface area contributed by atoms with E-state index in [0.717, 1.165) is 23.3 Å². The smallest absolute Gasteiger partial charge is 0.416 e. The number of alkyl halides is 3. The Morgan fingerprint density at radius 2 is 1.52 bits per heavy atom. The number of anilines is 2. The van der Waals surface area contributed by atoms with Gasteiger partial charge in [-0.3, -0.25) is 4.90 Å². The lowest BCUT2D eigenvalue weighted by molar-refractivity contribution is -0.153. The number of benzene rings is 3. The van der Waals surface area contributed by atoms with E-state index >= 15 is 0 Å². The Bertz CT molecular complexity index is 1560. The Labute approximate surface area is 252 Å². The minimum absolute atomic E-state index is 0.0524. The van der Waals surface area contributed by atoms with Gasteiger partial charge in [0.15, 0.2) is 0 Å². The zero-order chi connectivity index (χ0) is 31.3. The van der Waals surface area contributed by atoms with Gasteiger partial charge >= 0.3 is 12.1 Å². The van der Waals surface area contributed by atoms with Crippen molar-refractivity contribution in [1.82, 2.24) is 14.9 Å². The van der Waals surface area contributed by atoms with Gasteiger partial charge in [0.1, 0.15) is 17.3 Å². The first-order valence-corrected chi connectivity index (χ1v) is 14.0. The van der Waals surface area contributed by atoms with Crippen molar-refractivity contribution in [2.45, 2.75) is 31.7 Å². The van der Waals surface area contributed by atoms with Gasteiger partial charge in [0, 0.05) is 45.2 Å². The number of hydrogen-bond acceptors (Lipinski definition) is 8. The summed E-state index contributed by atoms with van der Waals surface area (Å²) in [7, 11) is 0. The van der Waals surface area contributed by atoms with Gasteiger partial charge in [-0.2, -0.15) is 23.1 Å². The molecule has 0 saturated carbocycles. The van der Waals surface area contributed by atoms with Crippen molar-refractivity contribution in [3.8, 4) is 17.4 Å². The quantitative estimate of drug-likeness (QED) is 0.236. The molecule has 1 unspecified atom stereocenters. The first-order valence-electron chi connectivity index (χ1n) is 14.0. The number of nitrogens with zero attached hydrogens (tertiary/aromatic N) is 4. The molecule has 1 fully saturated rings. The molecule has 1 aliphatic heterocycles. The minimum atomic E-state index is -4.35. The summed E-state index contributed by atoms with van der Waals surface area (Å²) in [6, 6.07) is 22.7. The molecule has 12 heteroatoms. The average Bonchev–Trinajstić information content (AvgIpc) is 2.98. The molecule has 3 N–H and O–H groups in total. The van der Waals surface area contributed by atoms with E-state index in [4.69, 9.17) is 15.2 Å². The maximum atomic E-state index is 12.9. The number of nitrogens with two attached hydrogens (primary N) is 1. The Morgan fingerprint density at radius 1 is 0.886 bits per heavy atom. The van der Waals surface area contributed by atoms with E-state index in [1.807, 2.05) is 6.07 Å². The number of halogens is 3. The minimum Gasteiger partial charge on any atom is -0.478 e. The summed E-state index contributed by atoms with van der Waals surface area (Å²) >= 11 is 0. The lowest BCUT2D eigenvalue weighted by Gasteiger charge is -2.35. The molecule has 1 aromatic heterocycles. The monoisotopic (exact) mass is 607 g/mol. The number of carbonyl (C=O) groups is 1. The molecule has 1 saturated heterocycles. The summed E-state index contributed by atoms with van der Waals surface area (Å²) in [5, 5.41) is 9.86. The maximum absolute atomic E-state index is 12.9.